The average Bonchev–Trinajstić information content (AvgIpc) is 2.12. The summed E-state index contributed by atoms with van der Waals surface area (Å²) in [6, 6.07) is 1.71. The molecule has 0 N–H and O–H groups in total. The van der Waals surface area contributed by atoms with Crippen molar-refractivity contribution in [2.24, 2.45) is 4.99 Å². The molecule has 0 aliphatic carbocycles. The SMILES string of the molecule is CCOC(=O)/C(C#N)=C/N=CN(C)C. The molecule has 0 amide bonds. The lowest BCUT2D eigenvalue weighted by Crippen LogP contribution is -2.08. The molecule has 0 bridgehead atoms. The molecule has 0 heterocycles. The van der Waals surface area contributed by atoms with Gasteiger partial charge >= 0.3 is 5.97 Å². The van der Waals surface area contributed by atoms with Gasteiger partial charge in [0.05, 0.1) is 19.1 Å². The first-order chi connectivity index (χ1) is 6.61. The number of carbonyl (C=O) groups excluding carboxylic acids is 1. The zero-order valence-corrected chi connectivity index (χ0v) is 8.52. The van der Waals surface area contributed by atoms with Gasteiger partial charge in [-0.15, -0.1) is 0 Å². The van der Waals surface area contributed by atoms with Crippen LogP contribution in [0.4, 0.5) is 0 Å². The van der Waals surface area contributed by atoms with Crippen molar-refractivity contribution in [3.05, 3.63) is 11.8 Å². The van der Waals surface area contributed by atoms with Gasteiger partial charge in [0.25, 0.3) is 0 Å². The lowest BCUT2D eigenvalue weighted by Gasteiger charge is -2.00. The first kappa shape index (κ1) is 12.2. The highest BCUT2D eigenvalue weighted by atomic mass is 16.5. The van der Waals surface area contributed by atoms with Crippen molar-refractivity contribution in [1.29, 1.82) is 5.26 Å². The molecule has 76 valence electrons. The van der Waals surface area contributed by atoms with E-state index >= 15 is 0 Å². The molecule has 0 aliphatic rings. The minimum Gasteiger partial charge on any atom is -0.462 e. The molecule has 0 radical (unpaired) electrons. The zero-order chi connectivity index (χ0) is 11.0. The Morgan fingerprint density at radius 2 is 2.29 bits per heavy atom. The summed E-state index contributed by atoms with van der Waals surface area (Å²) in [6.45, 7) is 1.92. The summed E-state index contributed by atoms with van der Waals surface area (Å²) in [4.78, 5) is 16.5. The zero-order valence-electron chi connectivity index (χ0n) is 8.52. The maximum absolute atomic E-state index is 11.0. The molecule has 0 saturated carbocycles. The van der Waals surface area contributed by atoms with Crippen molar-refractivity contribution in [2.45, 2.75) is 6.92 Å². The molecule has 0 spiro atoms. The van der Waals surface area contributed by atoms with Crippen molar-refractivity contribution in [3.63, 3.8) is 0 Å². The molecule has 0 aromatic rings. The normalized spacial score (nSPS) is 11.1. The molecule has 0 unspecified atom stereocenters. The Hall–Kier alpha value is -1.83. The number of rotatable bonds is 4. The van der Waals surface area contributed by atoms with Gasteiger partial charge in [0, 0.05) is 14.1 Å². The number of nitrogens with zero attached hydrogens (tertiary/aromatic N) is 3. The predicted molar refractivity (Wildman–Crippen MR) is 52.5 cm³/mol. The van der Waals surface area contributed by atoms with Gasteiger partial charge in [-0.2, -0.15) is 5.26 Å². The summed E-state index contributed by atoms with van der Waals surface area (Å²) < 4.78 is 4.64. The van der Waals surface area contributed by atoms with E-state index in [-0.39, 0.29) is 12.2 Å². The van der Waals surface area contributed by atoms with Crippen LogP contribution in [0.25, 0.3) is 0 Å². The topological polar surface area (TPSA) is 65.7 Å². The minimum atomic E-state index is -0.647. The molecular weight excluding hydrogens is 182 g/mol. The second kappa shape index (κ2) is 6.66. The smallest absolute Gasteiger partial charge is 0.350 e. The molecule has 5 heteroatoms. The van der Waals surface area contributed by atoms with E-state index in [9.17, 15) is 4.79 Å². The third kappa shape index (κ3) is 4.93. The van der Waals surface area contributed by atoms with Crippen LogP contribution in [0, 0.1) is 11.3 Å². The summed E-state index contributed by atoms with van der Waals surface area (Å²) in [5.74, 6) is -0.647. The van der Waals surface area contributed by atoms with Gasteiger partial charge < -0.3 is 9.64 Å². The number of hydrogen-bond acceptors (Lipinski definition) is 4. The van der Waals surface area contributed by atoms with Crippen molar-refractivity contribution >= 4 is 12.3 Å². The fourth-order valence-electron chi connectivity index (χ4n) is 0.577. The largest absolute Gasteiger partial charge is 0.462 e. The fraction of sp³-hybridized carbons (Fsp3) is 0.444. The lowest BCUT2D eigenvalue weighted by atomic mass is 10.3. The second-order valence-electron chi connectivity index (χ2n) is 2.60. The van der Waals surface area contributed by atoms with Crippen molar-refractivity contribution in [3.8, 4) is 6.07 Å². The molecule has 0 fully saturated rings. The molecule has 0 aromatic carbocycles. The van der Waals surface area contributed by atoms with Gasteiger partial charge in [-0.25, -0.2) is 9.79 Å². The highest BCUT2D eigenvalue weighted by molar-refractivity contribution is 5.92. The van der Waals surface area contributed by atoms with E-state index < -0.39 is 5.97 Å². The van der Waals surface area contributed by atoms with E-state index in [1.54, 1.807) is 32.0 Å². The highest BCUT2D eigenvalue weighted by Crippen LogP contribution is 1.96. The minimum absolute atomic E-state index is 0.107. The number of ether oxygens (including phenoxy) is 1. The number of esters is 1. The van der Waals surface area contributed by atoms with Crippen LogP contribution < -0.4 is 0 Å². The van der Waals surface area contributed by atoms with E-state index in [1.807, 2.05) is 0 Å². The summed E-state index contributed by atoms with van der Waals surface area (Å²) >= 11 is 0. The van der Waals surface area contributed by atoms with E-state index in [0.29, 0.717) is 0 Å². The van der Waals surface area contributed by atoms with Crippen molar-refractivity contribution in [2.75, 3.05) is 20.7 Å². The fourth-order valence-corrected chi connectivity index (χ4v) is 0.577. The lowest BCUT2D eigenvalue weighted by molar-refractivity contribution is -0.138. The Morgan fingerprint density at radius 1 is 1.64 bits per heavy atom. The van der Waals surface area contributed by atoms with E-state index in [2.05, 4.69) is 9.73 Å². The molecular formula is C9H13N3O2. The highest BCUT2D eigenvalue weighted by Gasteiger charge is 2.08. The van der Waals surface area contributed by atoms with Gasteiger partial charge in [-0.3, -0.25) is 0 Å². The van der Waals surface area contributed by atoms with E-state index in [0.717, 1.165) is 0 Å². The van der Waals surface area contributed by atoms with Gasteiger partial charge in [0.1, 0.15) is 6.07 Å². The average molecular weight is 195 g/mol. The predicted octanol–water partition coefficient (Wildman–Crippen LogP) is 0.547. The third-order valence-electron chi connectivity index (χ3n) is 1.12. The first-order valence-corrected chi connectivity index (χ1v) is 4.09. The second-order valence-corrected chi connectivity index (χ2v) is 2.60. The van der Waals surface area contributed by atoms with E-state index in [1.165, 1.54) is 12.5 Å². The Balaban J connectivity index is 4.42. The van der Waals surface area contributed by atoms with Crippen LogP contribution in [0.15, 0.2) is 16.8 Å². The molecule has 0 aromatic heterocycles. The quantitative estimate of drug-likeness (QED) is 0.216. The van der Waals surface area contributed by atoms with Crippen LogP contribution in [-0.4, -0.2) is 37.9 Å². The van der Waals surface area contributed by atoms with Gasteiger partial charge in [0.2, 0.25) is 0 Å². The van der Waals surface area contributed by atoms with Crippen LogP contribution in [0.1, 0.15) is 6.92 Å². The summed E-state index contributed by atoms with van der Waals surface area (Å²) in [7, 11) is 3.57. The van der Waals surface area contributed by atoms with E-state index in [4.69, 9.17) is 5.26 Å². The Kier molecular flexibility index (Phi) is 5.79. The van der Waals surface area contributed by atoms with Gasteiger partial charge in [-0.05, 0) is 6.92 Å². The van der Waals surface area contributed by atoms with Crippen LogP contribution in [-0.2, 0) is 9.53 Å². The first-order valence-electron chi connectivity index (χ1n) is 4.09. The summed E-state index contributed by atoms with van der Waals surface area (Å²) in [5.41, 5.74) is -0.107. The summed E-state index contributed by atoms with van der Waals surface area (Å²) in [5, 5.41) is 8.58. The van der Waals surface area contributed by atoms with Crippen LogP contribution >= 0.6 is 0 Å². The van der Waals surface area contributed by atoms with Crippen molar-refractivity contribution in [1.82, 2.24) is 4.90 Å². The molecule has 0 atom stereocenters. The number of aliphatic imine (C=N–C) groups is 1. The van der Waals surface area contributed by atoms with Crippen LogP contribution in [0.5, 0.6) is 0 Å². The van der Waals surface area contributed by atoms with Gasteiger partial charge in [0.15, 0.2) is 5.57 Å². The van der Waals surface area contributed by atoms with Crippen LogP contribution in [0.3, 0.4) is 0 Å². The maximum atomic E-state index is 11.0. The number of hydrogen-bond donors (Lipinski definition) is 0. The van der Waals surface area contributed by atoms with Crippen molar-refractivity contribution < 1.29 is 9.53 Å². The Morgan fingerprint density at radius 3 is 2.71 bits per heavy atom. The summed E-state index contributed by atoms with van der Waals surface area (Å²) in [6.07, 6.45) is 2.66. The maximum Gasteiger partial charge on any atom is 0.350 e. The number of carbonyl (C=O) groups is 1. The standard InChI is InChI=1S/C9H13N3O2/c1-4-14-9(13)8(5-10)6-11-7-12(2)3/h6-7H,4H2,1-3H3/b8-6+,11-7?. The third-order valence-corrected chi connectivity index (χ3v) is 1.12. The number of nitriles is 1. The monoisotopic (exact) mass is 195 g/mol. The molecule has 0 aliphatic heterocycles. The Labute approximate surface area is 83.3 Å². The molecule has 0 saturated heterocycles. The van der Waals surface area contributed by atoms with Gasteiger partial charge in [-0.1, -0.05) is 0 Å². The molecule has 14 heavy (non-hydrogen) atoms. The molecule has 5 nitrogen and oxygen atoms in total. The Bertz CT molecular complexity index is 287. The van der Waals surface area contributed by atoms with Crippen LogP contribution in [0.2, 0.25) is 0 Å². The molecule has 0 rings (SSSR count).